The first-order valence-electron chi connectivity index (χ1n) is 7.90. The summed E-state index contributed by atoms with van der Waals surface area (Å²) in [4.78, 5) is 22.9. The van der Waals surface area contributed by atoms with Crippen LogP contribution >= 0.6 is 0 Å². The van der Waals surface area contributed by atoms with Crippen molar-refractivity contribution < 1.29 is 32.2 Å². The second-order valence-electron chi connectivity index (χ2n) is 5.44. The molecule has 0 aliphatic rings. The van der Waals surface area contributed by atoms with Crippen molar-refractivity contribution in [3.8, 4) is 0 Å². The number of carbonyl (C=O) groups excluding carboxylic acids is 2. The molecule has 2 N–H and O–H groups in total. The van der Waals surface area contributed by atoms with E-state index in [1.165, 1.54) is 6.92 Å². The first-order chi connectivity index (χ1) is 12.7. The molecule has 146 valence electrons. The van der Waals surface area contributed by atoms with Crippen molar-refractivity contribution in [2.24, 2.45) is 5.73 Å². The van der Waals surface area contributed by atoms with E-state index in [0.29, 0.717) is 10.2 Å². The van der Waals surface area contributed by atoms with Gasteiger partial charge in [0.1, 0.15) is 6.10 Å². The number of primary amides is 1. The Morgan fingerprint density at radius 1 is 1.26 bits per heavy atom. The Bertz CT molecular complexity index is 793. The molecule has 1 unspecified atom stereocenters. The van der Waals surface area contributed by atoms with E-state index >= 15 is 0 Å². The predicted molar refractivity (Wildman–Crippen MR) is 85.6 cm³/mol. The number of halogens is 3. The normalized spacial score (nSPS) is 12.4. The van der Waals surface area contributed by atoms with E-state index in [0.717, 1.165) is 0 Å². The van der Waals surface area contributed by atoms with E-state index in [-0.39, 0.29) is 13.0 Å². The standard InChI is InChI=1S/C16H17F3N4O4/c1-2-26-14(24)12-13(16(17,18)19)23(22-21-12)9-11(27-15(20)25)8-10-6-4-3-5-7-10/h3-7,11H,2,8-9H2,1H3,(H2,20,25). The summed E-state index contributed by atoms with van der Waals surface area (Å²) in [7, 11) is 0. The van der Waals surface area contributed by atoms with Crippen LogP contribution < -0.4 is 5.73 Å². The van der Waals surface area contributed by atoms with Crippen LogP contribution in [0.1, 0.15) is 28.7 Å². The van der Waals surface area contributed by atoms with Gasteiger partial charge in [0.25, 0.3) is 0 Å². The van der Waals surface area contributed by atoms with Gasteiger partial charge in [-0.1, -0.05) is 35.5 Å². The second kappa shape index (κ2) is 8.52. The van der Waals surface area contributed by atoms with E-state index in [1.54, 1.807) is 30.3 Å². The summed E-state index contributed by atoms with van der Waals surface area (Å²) < 4.78 is 50.3. The number of nitrogens with zero attached hydrogens (tertiary/aromatic N) is 3. The summed E-state index contributed by atoms with van der Waals surface area (Å²) in [6.07, 6.45) is -7.02. The third kappa shape index (κ3) is 5.43. The van der Waals surface area contributed by atoms with Crippen molar-refractivity contribution in [2.45, 2.75) is 32.2 Å². The number of esters is 1. The van der Waals surface area contributed by atoms with Gasteiger partial charge in [-0.3, -0.25) is 0 Å². The highest BCUT2D eigenvalue weighted by atomic mass is 19.4. The maximum absolute atomic E-state index is 13.4. The molecule has 1 heterocycles. The Morgan fingerprint density at radius 2 is 1.93 bits per heavy atom. The first kappa shape index (κ1) is 20.2. The zero-order valence-corrected chi connectivity index (χ0v) is 14.3. The van der Waals surface area contributed by atoms with Crippen molar-refractivity contribution >= 4 is 12.1 Å². The number of hydrogen-bond acceptors (Lipinski definition) is 6. The maximum Gasteiger partial charge on any atom is 0.435 e. The van der Waals surface area contributed by atoms with Crippen LogP contribution in [-0.2, 0) is 28.6 Å². The minimum atomic E-state index is -4.92. The first-order valence-corrected chi connectivity index (χ1v) is 7.90. The van der Waals surface area contributed by atoms with Crippen LogP contribution in [0.4, 0.5) is 18.0 Å². The van der Waals surface area contributed by atoms with Crippen molar-refractivity contribution in [3.63, 3.8) is 0 Å². The van der Waals surface area contributed by atoms with Gasteiger partial charge in [0.15, 0.2) is 5.69 Å². The van der Waals surface area contributed by atoms with Gasteiger partial charge in [-0.05, 0) is 12.5 Å². The fraction of sp³-hybridized carbons (Fsp3) is 0.375. The third-order valence-corrected chi connectivity index (χ3v) is 3.44. The van der Waals surface area contributed by atoms with Crippen LogP contribution in [0, 0.1) is 0 Å². The number of aromatic nitrogens is 3. The van der Waals surface area contributed by atoms with Gasteiger partial charge >= 0.3 is 18.2 Å². The molecule has 27 heavy (non-hydrogen) atoms. The summed E-state index contributed by atoms with van der Waals surface area (Å²) in [5.41, 5.74) is 3.39. The van der Waals surface area contributed by atoms with Crippen molar-refractivity contribution in [1.29, 1.82) is 0 Å². The van der Waals surface area contributed by atoms with Crippen LogP contribution in [0.15, 0.2) is 30.3 Å². The number of rotatable bonds is 7. The lowest BCUT2D eigenvalue weighted by Gasteiger charge is -2.18. The Morgan fingerprint density at radius 3 is 2.48 bits per heavy atom. The van der Waals surface area contributed by atoms with Crippen LogP contribution in [0.2, 0.25) is 0 Å². The second-order valence-corrected chi connectivity index (χ2v) is 5.44. The quantitative estimate of drug-likeness (QED) is 0.731. The zero-order valence-electron chi connectivity index (χ0n) is 14.3. The fourth-order valence-electron chi connectivity index (χ4n) is 2.44. The van der Waals surface area contributed by atoms with E-state index < -0.39 is 42.3 Å². The van der Waals surface area contributed by atoms with Gasteiger partial charge in [0, 0.05) is 6.42 Å². The molecule has 0 aliphatic carbocycles. The Balaban J connectivity index is 2.33. The van der Waals surface area contributed by atoms with Crippen molar-refractivity contribution in [1.82, 2.24) is 15.0 Å². The number of amides is 1. The van der Waals surface area contributed by atoms with Gasteiger partial charge in [-0.2, -0.15) is 13.2 Å². The molecule has 0 saturated heterocycles. The Hall–Kier alpha value is -3.11. The highest BCUT2D eigenvalue weighted by Gasteiger charge is 2.42. The topological polar surface area (TPSA) is 109 Å². The molecule has 1 aromatic heterocycles. The smallest absolute Gasteiger partial charge is 0.435 e. The molecule has 0 aliphatic heterocycles. The van der Waals surface area contributed by atoms with E-state index in [9.17, 15) is 22.8 Å². The molecule has 1 aromatic carbocycles. The van der Waals surface area contributed by atoms with Gasteiger partial charge in [0.2, 0.25) is 5.69 Å². The summed E-state index contributed by atoms with van der Waals surface area (Å²) >= 11 is 0. The molecule has 1 atom stereocenters. The minimum absolute atomic E-state index is 0.0929. The van der Waals surface area contributed by atoms with E-state index in [1.807, 2.05) is 0 Å². The number of carbonyl (C=O) groups is 2. The molecule has 0 radical (unpaired) electrons. The maximum atomic E-state index is 13.4. The van der Waals surface area contributed by atoms with Gasteiger partial charge < -0.3 is 15.2 Å². The van der Waals surface area contributed by atoms with Gasteiger partial charge in [0.05, 0.1) is 13.2 Å². The lowest BCUT2D eigenvalue weighted by atomic mass is 10.1. The molecule has 8 nitrogen and oxygen atoms in total. The predicted octanol–water partition coefficient (Wildman–Crippen LogP) is 2.18. The number of hydrogen-bond donors (Lipinski definition) is 1. The molecular weight excluding hydrogens is 369 g/mol. The van der Waals surface area contributed by atoms with Crippen LogP contribution in [0.25, 0.3) is 0 Å². The molecule has 1 amide bonds. The molecule has 0 saturated carbocycles. The highest BCUT2D eigenvalue weighted by Crippen LogP contribution is 2.31. The van der Waals surface area contributed by atoms with Crippen LogP contribution in [-0.4, -0.2) is 39.8 Å². The molecule has 11 heteroatoms. The molecule has 2 aromatic rings. The number of ether oxygens (including phenoxy) is 2. The van der Waals surface area contributed by atoms with Crippen molar-refractivity contribution in [3.05, 3.63) is 47.3 Å². The average molecular weight is 386 g/mol. The molecule has 0 fully saturated rings. The molecular formula is C16H17F3N4O4. The van der Waals surface area contributed by atoms with Crippen LogP contribution in [0.5, 0.6) is 0 Å². The number of alkyl halides is 3. The van der Waals surface area contributed by atoms with Crippen LogP contribution in [0.3, 0.4) is 0 Å². The number of benzene rings is 1. The van der Waals surface area contributed by atoms with Gasteiger partial charge in [-0.25, -0.2) is 14.3 Å². The minimum Gasteiger partial charge on any atom is -0.461 e. The SMILES string of the molecule is CCOC(=O)c1nnn(CC(Cc2ccccc2)OC(N)=O)c1C(F)(F)F. The molecule has 0 spiro atoms. The zero-order chi connectivity index (χ0) is 20.0. The summed E-state index contributed by atoms with van der Waals surface area (Å²) in [5, 5.41) is 6.68. The van der Waals surface area contributed by atoms with E-state index in [2.05, 4.69) is 15.0 Å². The largest absolute Gasteiger partial charge is 0.461 e. The molecule has 2 rings (SSSR count). The Kier molecular flexibility index (Phi) is 6.37. The summed E-state index contributed by atoms with van der Waals surface area (Å²) in [6, 6.07) is 8.65. The van der Waals surface area contributed by atoms with E-state index in [4.69, 9.17) is 10.5 Å². The average Bonchev–Trinajstić information content (AvgIpc) is 2.99. The van der Waals surface area contributed by atoms with Gasteiger partial charge in [-0.15, -0.1) is 5.10 Å². The highest BCUT2D eigenvalue weighted by molar-refractivity contribution is 5.88. The Labute approximate surface area is 152 Å². The summed E-state index contributed by atoms with van der Waals surface area (Å²) in [5.74, 6) is -1.24. The molecule has 0 bridgehead atoms. The monoisotopic (exact) mass is 386 g/mol. The van der Waals surface area contributed by atoms with Crippen molar-refractivity contribution in [2.75, 3.05) is 6.61 Å². The lowest BCUT2D eigenvalue weighted by Crippen LogP contribution is -2.31. The summed E-state index contributed by atoms with van der Waals surface area (Å²) in [6.45, 7) is 0.829. The fourth-order valence-corrected chi connectivity index (χ4v) is 2.44. The number of nitrogens with two attached hydrogens (primary N) is 1. The third-order valence-electron chi connectivity index (χ3n) is 3.44. The lowest BCUT2D eigenvalue weighted by molar-refractivity contribution is -0.145.